The molecular formula is C19H30N2O6. The second-order valence-electron chi connectivity index (χ2n) is 6.33. The fourth-order valence-electron chi connectivity index (χ4n) is 3.24. The van der Waals surface area contributed by atoms with Crippen molar-refractivity contribution >= 4 is 6.09 Å². The lowest BCUT2D eigenvalue weighted by atomic mass is 10.0. The lowest BCUT2D eigenvalue weighted by Gasteiger charge is -2.46. The van der Waals surface area contributed by atoms with Gasteiger partial charge in [-0.05, 0) is 5.56 Å². The molecule has 2 atom stereocenters. The minimum Gasteiger partial charge on any atom is -0.453 e. The lowest BCUT2D eigenvalue weighted by Crippen LogP contribution is -2.63. The highest BCUT2D eigenvalue weighted by Gasteiger charge is 2.39. The van der Waals surface area contributed by atoms with Gasteiger partial charge in [-0.3, -0.25) is 9.80 Å². The van der Waals surface area contributed by atoms with Gasteiger partial charge in [-0.2, -0.15) is 0 Å². The van der Waals surface area contributed by atoms with Gasteiger partial charge in [0.25, 0.3) is 0 Å². The topological polar surface area (TPSA) is 80.7 Å². The Kier molecular flexibility index (Phi) is 9.51. The SMILES string of the molecule is COCCOCOCC1C(CO)N(Cc2ccccc2)CCN1C(=O)OC. The number of aliphatic hydroxyl groups excluding tert-OH is 1. The van der Waals surface area contributed by atoms with Crippen LogP contribution in [-0.4, -0.2) is 93.6 Å². The van der Waals surface area contributed by atoms with E-state index >= 15 is 0 Å². The van der Waals surface area contributed by atoms with Gasteiger partial charge in [0.1, 0.15) is 6.79 Å². The number of ether oxygens (including phenoxy) is 4. The fourth-order valence-corrected chi connectivity index (χ4v) is 3.24. The van der Waals surface area contributed by atoms with Crippen LogP contribution in [0.1, 0.15) is 5.56 Å². The first-order valence-electron chi connectivity index (χ1n) is 9.09. The first kappa shape index (κ1) is 21.6. The highest BCUT2D eigenvalue weighted by molar-refractivity contribution is 5.68. The number of aliphatic hydroxyl groups is 1. The smallest absolute Gasteiger partial charge is 0.409 e. The third-order valence-corrected chi connectivity index (χ3v) is 4.65. The van der Waals surface area contributed by atoms with Crippen LogP contribution in [0, 0.1) is 0 Å². The number of methoxy groups -OCH3 is 2. The summed E-state index contributed by atoms with van der Waals surface area (Å²) < 4.78 is 20.8. The van der Waals surface area contributed by atoms with E-state index in [4.69, 9.17) is 18.9 Å². The predicted octanol–water partition coefficient (Wildman–Crippen LogP) is 0.937. The van der Waals surface area contributed by atoms with Crippen LogP contribution >= 0.6 is 0 Å². The monoisotopic (exact) mass is 382 g/mol. The van der Waals surface area contributed by atoms with Gasteiger partial charge >= 0.3 is 6.09 Å². The number of carbonyl (C=O) groups excluding carboxylic acids is 1. The summed E-state index contributed by atoms with van der Waals surface area (Å²) in [5.41, 5.74) is 1.16. The van der Waals surface area contributed by atoms with E-state index in [1.807, 2.05) is 18.2 Å². The fraction of sp³-hybridized carbons (Fsp3) is 0.632. The standard InChI is InChI=1S/C19H30N2O6/c1-24-10-11-26-15-27-14-18-17(13-22)20(8-9-21(18)19(23)25-2)12-16-6-4-3-5-7-16/h3-7,17-18,22H,8-15H2,1-2H3. The molecule has 1 aromatic carbocycles. The summed E-state index contributed by atoms with van der Waals surface area (Å²) in [6.07, 6.45) is -0.415. The van der Waals surface area contributed by atoms with Crippen molar-refractivity contribution in [3.05, 3.63) is 35.9 Å². The Bertz CT molecular complexity index is 544. The lowest BCUT2D eigenvalue weighted by molar-refractivity contribution is -0.0998. The molecule has 0 radical (unpaired) electrons. The molecule has 0 aliphatic carbocycles. The molecule has 0 saturated carbocycles. The van der Waals surface area contributed by atoms with Crippen LogP contribution in [0.4, 0.5) is 4.79 Å². The maximum Gasteiger partial charge on any atom is 0.409 e. The summed E-state index contributed by atoms with van der Waals surface area (Å²) in [5, 5.41) is 10.0. The summed E-state index contributed by atoms with van der Waals surface area (Å²) in [4.78, 5) is 16.0. The third kappa shape index (κ3) is 6.44. The normalized spacial score (nSPS) is 20.6. The van der Waals surface area contributed by atoms with Crippen molar-refractivity contribution in [2.75, 3.05) is 60.5 Å². The molecule has 0 spiro atoms. The number of benzene rings is 1. The van der Waals surface area contributed by atoms with Crippen molar-refractivity contribution in [1.29, 1.82) is 0 Å². The Morgan fingerprint density at radius 3 is 2.56 bits per heavy atom. The average Bonchev–Trinajstić information content (AvgIpc) is 2.71. The van der Waals surface area contributed by atoms with Crippen LogP contribution in [0.5, 0.6) is 0 Å². The van der Waals surface area contributed by atoms with Gasteiger partial charge in [0.15, 0.2) is 0 Å². The van der Waals surface area contributed by atoms with E-state index in [0.29, 0.717) is 32.8 Å². The maximum absolute atomic E-state index is 12.2. The van der Waals surface area contributed by atoms with E-state index in [1.54, 1.807) is 12.0 Å². The molecule has 0 bridgehead atoms. The largest absolute Gasteiger partial charge is 0.453 e. The Morgan fingerprint density at radius 2 is 1.89 bits per heavy atom. The van der Waals surface area contributed by atoms with E-state index in [-0.39, 0.29) is 32.1 Å². The Labute approximate surface area is 160 Å². The molecule has 8 heteroatoms. The minimum absolute atomic E-state index is 0.0844. The first-order valence-corrected chi connectivity index (χ1v) is 9.09. The van der Waals surface area contributed by atoms with Crippen LogP contribution in [-0.2, 0) is 25.5 Å². The van der Waals surface area contributed by atoms with Crippen molar-refractivity contribution in [3.8, 4) is 0 Å². The molecule has 2 rings (SSSR count). The minimum atomic E-state index is -0.415. The molecule has 152 valence electrons. The van der Waals surface area contributed by atoms with Gasteiger partial charge in [-0.1, -0.05) is 30.3 Å². The van der Waals surface area contributed by atoms with Gasteiger partial charge < -0.3 is 24.1 Å². The number of rotatable bonds is 10. The number of piperazine rings is 1. The van der Waals surface area contributed by atoms with E-state index in [2.05, 4.69) is 17.0 Å². The van der Waals surface area contributed by atoms with Crippen LogP contribution < -0.4 is 0 Å². The second kappa shape index (κ2) is 11.9. The molecule has 27 heavy (non-hydrogen) atoms. The molecular weight excluding hydrogens is 352 g/mol. The zero-order valence-electron chi connectivity index (χ0n) is 16.1. The third-order valence-electron chi connectivity index (χ3n) is 4.65. The molecule has 1 fully saturated rings. The van der Waals surface area contributed by atoms with Gasteiger partial charge in [0, 0.05) is 26.7 Å². The van der Waals surface area contributed by atoms with Crippen LogP contribution in [0.15, 0.2) is 30.3 Å². The predicted molar refractivity (Wildman–Crippen MR) is 99.3 cm³/mol. The van der Waals surface area contributed by atoms with Gasteiger partial charge in [-0.25, -0.2) is 4.79 Å². The Morgan fingerprint density at radius 1 is 1.11 bits per heavy atom. The van der Waals surface area contributed by atoms with E-state index < -0.39 is 6.09 Å². The molecule has 1 saturated heterocycles. The summed E-state index contributed by atoms with van der Waals surface area (Å²) in [6, 6.07) is 9.48. The van der Waals surface area contributed by atoms with E-state index in [0.717, 1.165) is 5.56 Å². The number of nitrogens with zero attached hydrogens (tertiary/aromatic N) is 2. The quantitative estimate of drug-likeness (QED) is 0.476. The molecule has 2 unspecified atom stereocenters. The Hall–Kier alpha value is -1.71. The average molecular weight is 382 g/mol. The zero-order valence-corrected chi connectivity index (χ0v) is 16.1. The van der Waals surface area contributed by atoms with Crippen molar-refractivity contribution in [2.45, 2.75) is 18.6 Å². The summed E-state index contributed by atoms with van der Waals surface area (Å²) in [6.45, 7) is 3.05. The van der Waals surface area contributed by atoms with Crippen molar-refractivity contribution < 1.29 is 28.8 Å². The highest BCUT2D eigenvalue weighted by Crippen LogP contribution is 2.21. The number of carbonyl (C=O) groups is 1. The molecule has 1 amide bonds. The molecule has 1 aliphatic heterocycles. The molecule has 1 aromatic rings. The molecule has 1 N–H and O–H groups in total. The molecule has 1 aliphatic rings. The molecule has 0 aromatic heterocycles. The highest BCUT2D eigenvalue weighted by atomic mass is 16.7. The second-order valence-corrected chi connectivity index (χ2v) is 6.33. The van der Waals surface area contributed by atoms with Crippen LogP contribution in [0.3, 0.4) is 0 Å². The summed E-state index contributed by atoms with van der Waals surface area (Å²) in [7, 11) is 2.96. The van der Waals surface area contributed by atoms with E-state index in [9.17, 15) is 9.90 Å². The number of hydrogen-bond acceptors (Lipinski definition) is 7. The molecule has 8 nitrogen and oxygen atoms in total. The first-order chi connectivity index (χ1) is 13.2. The number of hydrogen-bond donors (Lipinski definition) is 1. The summed E-state index contributed by atoms with van der Waals surface area (Å²) >= 11 is 0. The van der Waals surface area contributed by atoms with Crippen LogP contribution in [0.25, 0.3) is 0 Å². The Balaban J connectivity index is 2.01. The number of amides is 1. The van der Waals surface area contributed by atoms with Gasteiger partial charge in [0.2, 0.25) is 0 Å². The zero-order chi connectivity index (χ0) is 19.5. The van der Waals surface area contributed by atoms with E-state index in [1.165, 1.54) is 7.11 Å². The van der Waals surface area contributed by atoms with Crippen molar-refractivity contribution in [2.24, 2.45) is 0 Å². The van der Waals surface area contributed by atoms with Crippen LogP contribution in [0.2, 0.25) is 0 Å². The maximum atomic E-state index is 12.2. The van der Waals surface area contributed by atoms with Crippen molar-refractivity contribution in [1.82, 2.24) is 9.80 Å². The molecule has 1 heterocycles. The summed E-state index contributed by atoms with van der Waals surface area (Å²) in [5.74, 6) is 0. The van der Waals surface area contributed by atoms with Gasteiger partial charge in [-0.15, -0.1) is 0 Å². The van der Waals surface area contributed by atoms with Crippen molar-refractivity contribution in [3.63, 3.8) is 0 Å². The van der Waals surface area contributed by atoms with Gasteiger partial charge in [0.05, 0.1) is 45.6 Å².